The molecule has 1 aliphatic carbocycles. The second-order valence-electron chi connectivity index (χ2n) is 9.07. The predicted molar refractivity (Wildman–Crippen MR) is 125 cm³/mol. The van der Waals surface area contributed by atoms with Crippen molar-refractivity contribution in [3.05, 3.63) is 55.0 Å². The van der Waals surface area contributed by atoms with E-state index in [4.69, 9.17) is 4.74 Å². The van der Waals surface area contributed by atoms with Gasteiger partial charge in [0.05, 0.1) is 18.8 Å². The number of piperidine rings is 1. The monoisotopic (exact) mass is 437 g/mol. The number of nitrogens with zero attached hydrogens (tertiary/aromatic N) is 4. The highest BCUT2D eigenvalue weighted by atomic mass is 16.5. The fourth-order valence-electron chi connectivity index (χ4n) is 5.03. The predicted octanol–water partition coefficient (Wildman–Crippen LogP) is 3.47. The maximum Gasteiger partial charge on any atom is 0.253 e. The molecule has 0 aromatic carbocycles. The van der Waals surface area contributed by atoms with E-state index in [0.717, 1.165) is 32.7 Å². The molecule has 2 aromatic rings. The van der Waals surface area contributed by atoms with E-state index in [-0.39, 0.29) is 11.9 Å². The van der Waals surface area contributed by atoms with Crippen molar-refractivity contribution in [2.75, 3.05) is 32.8 Å². The largest absolute Gasteiger partial charge is 0.377 e. The first kappa shape index (κ1) is 22.7. The average molecular weight is 438 g/mol. The van der Waals surface area contributed by atoms with E-state index in [0.29, 0.717) is 29.8 Å². The molecule has 2 fully saturated rings. The van der Waals surface area contributed by atoms with Crippen molar-refractivity contribution in [2.45, 2.75) is 44.6 Å². The Balaban J connectivity index is 1.32. The minimum Gasteiger partial charge on any atom is -0.377 e. The van der Waals surface area contributed by atoms with Crippen LogP contribution in [-0.2, 0) is 4.74 Å². The van der Waals surface area contributed by atoms with Gasteiger partial charge in [-0.3, -0.25) is 4.79 Å². The average Bonchev–Trinajstić information content (AvgIpc) is 3.36. The summed E-state index contributed by atoms with van der Waals surface area (Å²) in [6.45, 7) is 8.46. The molecule has 0 spiro atoms. The van der Waals surface area contributed by atoms with Crippen LogP contribution in [0, 0.1) is 11.8 Å². The molecule has 7 heteroatoms. The van der Waals surface area contributed by atoms with Gasteiger partial charge in [-0.2, -0.15) is 5.10 Å². The normalized spacial score (nSPS) is 24.2. The van der Waals surface area contributed by atoms with E-state index < -0.39 is 0 Å². The molecule has 1 saturated carbocycles. The molecule has 7 nitrogen and oxygen atoms in total. The highest BCUT2D eigenvalue weighted by molar-refractivity contribution is 5.94. The number of pyridine rings is 1. The first-order valence-corrected chi connectivity index (χ1v) is 11.9. The number of hydrogen-bond acceptors (Lipinski definition) is 5. The number of nitrogens with one attached hydrogen (secondary N) is 1. The Kier molecular flexibility index (Phi) is 8.07. The molecule has 3 atom stereocenters. The minimum absolute atomic E-state index is 0.0317. The number of carbonyl (C=O) groups is 1. The molecule has 0 bridgehead atoms. The van der Waals surface area contributed by atoms with Crippen molar-refractivity contribution in [3.8, 4) is 5.82 Å². The molecular weight excluding hydrogens is 402 g/mol. The Hall–Kier alpha value is -2.51. The number of amides is 1. The van der Waals surface area contributed by atoms with Gasteiger partial charge in [-0.1, -0.05) is 18.9 Å². The summed E-state index contributed by atoms with van der Waals surface area (Å²) in [6, 6.07) is 5.74. The maximum absolute atomic E-state index is 12.9. The topological polar surface area (TPSA) is 72.3 Å². The van der Waals surface area contributed by atoms with Crippen molar-refractivity contribution in [1.29, 1.82) is 0 Å². The lowest BCUT2D eigenvalue weighted by Crippen LogP contribution is -2.48. The van der Waals surface area contributed by atoms with Crippen LogP contribution in [0.3, 0.4) is 0 Å². The number of rotatable bonds is 9. The van der Waals surface area contributed by atoms with E-state index in [9.17, 15) is 4.79 Å². The molecule has 1 amide bonds. The Morgan fingerprint density at radius 2 is 2.16 bits per heavy atom. The van der Waals surface area contributed by atoms with Crippen LogP contribution in [0.2, 0.25) is 0 Å². The minimum atomic E-state index is -0.0317. The number of aromatic nitrogens is 3. The second-order valence-corrected chi connectivity index (χ2v) is 9.07. The van der Waals surface area contributed by atoms with Crippen LogP contribution in [0.4, 0.5) is 0 Å². The van der Waals surface area contributed by atoms with Gasteiger partial charge < -0.3 is 15.0 Å². The SMILES string of the molecule is C=CCOC[C@@H]1CCCN(CC2CCCCC2NC(=O)c2ccc(-n3cccn3)nc2)C1. The van der Waals surface area contributed by atoms with Crippen molar-refractivity contribution < 1.29 is 9.53 Å². The zero-order valence-corrected chi connectivity index (χ0v) is 18.9. The third-order valence-electron chi connectivity index (χ3n) is 6.66. The molecule has 3 heterocycles. The molecular formula is C25H35N5O2. The van der Waals surface area contributed by atoms with Crippen LogP contribution in [0.25, 0.3) is 5.82 Å². The zero-order valence-electron chi connectivity index (χ0n) is 18.9. The highest BCUT2D eigenvalue weighted by Crippen LogP contribution is 2.27. The molecule has 172 valence electrons. The van der Waals surface area contributed by atoms with Crippen LogP contribution in [0.5, 0.6) is 0 Å². The van der Waals surface area contributed by atoms with E-state index in [1.165, 1.54) is 32.1 Å². The first-order chi connectivity index (χ1) is 15.7. The van der Waals surface area contributed by atoms with Crippen molar-refractivity contribution in [2.24, 2.45) is 11.8 Å². The second kappa shape index (κ2) is 11.4. The van der Waals surface area contributed by atoms with Crippen LogP contribution < -0.4 is 5.32 Å². The first-order valence-electron chi connectivity index (χ1n) is 11.9. The highest BCUT2D eigenvalue weighted by Gasteiger charge is 2.30. The van der Waals surface area contributed by atoms with E-state index >= 15 is 0 Å². The summed E-state index contributed by atoms with van der Waals surface area (Å²) in [6.07, 6.45) is 14.1. The Bertz CT molecular complexity index is 852. The molecule has 4 rings (SSSR count). The van der Waals surface area contributed by atoms with Gasteiger partial charge in [0.25, 0.3) is 5.91 Å². The standard InChI is InChI=1S/C25H35N5O2/c1-2-15-32-19-20-7-5-13-29(17-20)18-22-8-3-4-9-23(22)28-25(31)21-10-11-24(26-16-21)30-14-6-12-27-30/h2,6,10-12,14,16,20,22-23H,1,3-5,7-9,13,15,17-19H2,(H,28,31)/t20-,22?,23?/m1/s1. The van der Waals surface area contributed by atoms with Gasteiger partial charge in [0.1, 0.15) is 0 Å². The smallest absolute Gasteiger partial charge is 0.253 e. The zero-order chi connectivity index (χ0) is 22.2. The summed E-state index contributed by atoms with van der Waals surface area (Å²) < 4.78 is 7.39. The summed E-state index contributed by atoms with van der Waals surface area (Å²) in [5.41, 5.74) is 0.600. The fourth-order valence-corrected chi connectivity index (χ4v) is 5.03. The molecule has 1 N–H and O–H groups in total. The van der Waals surface area contributed by atoms with Crippen molar-refractivity contribution >= 4 is 5.91 Å². The number of likely N-dealkylation sites (tertiary alicyclic amines) is 1. The summed E-state index contributed by atoms with van der Waals surface area (Å²) in [5, 5.41) is 7.50. The number of hydrogen-bond donors (Lipinski definition) is 1. The van der Waals surface area contributed by atoms with E-state index in [1.54, 1.807) is 17.1 Å². The van der Waals surface area contributed by atoms with Gasteiger partial charge in [0.15, 0.2) is 5.82 Å². The van der Waals surface area contributed by atoms with Gasteiger partial charge in [-0.15, -0.1) is 6.58 Å². The van der Waals surface area contributed by atoms with Crippen LogP contribution in [-0.4, -0.2) is 64.5 Å². The number of ether oxygens (including phenoxy) is 1. The third kappa shape index (κ3) is 6.04. The van der Waals surface area contributed by atoms with E-state index in [1.807, 2.05) is 30.5 Å². The summed E-state index contributed by atoms with van der Waals surface area (Å²) >= 11 is 0. The van der Waals surface area contributed by atoms with Crippen molar-refractivity contribution in [3.63, 3.8) is 0 Å². The van der Waals surface area contributed by atoms with E-state index in [2.05, 4.69) is 26.9 Å². The van der Waals surface area contributed by atoms with Gasteiger partial charge >= 0.3 is 0 Å². The molecule has 32 heavy (non-hydrogen) atoms. The Morgan fingerprint density at radius 3 is 2.94 bits per heavy atom. The quantitative estimate of drug-likeness (QED) is 0.480. The lowest BCUT2D eigenvalue weighted by atomic mass is 9.83. The molecule has 0 radical (unpaired) electrons. The van der Waals surface area contributed by atoms with Gasteiger partial charge in [-0.05, 0) is 62.3 Å². The molecule has 1 aliphatic heterocycles. The lowest BCUT2D eigenvalue weighted by Gasteiger charge is -2.39. The van der Waals surface area contributed by atoms with Crippen LogP contribution in [0.1, 0.15) is 48.9 Å². The summed E-state index contributed by atoms with van der Waals surface area (Å²) in [7, 11) is 0. The Labute approximate surface area is 190 Å². The molecule has 2 unspecified atom stereocenters. The summed E-state index contributed by atoms with van der Waals surface area (Å²) in [4.78, 5) is 19.9. The van der Waals surface area contributed by atoms with Crippen LogP contribution in [0.15, 0.2) is 49.4 Å². The molecule has 2 aromatic heterocycles. The Morgan fingerprint density at radius 1 is 1.25 bits per heavy atom. The molecule has 1 saturated heterocycles. The number of carbonyl (C=O) groups excluding carboxylic acids is 1. The summed E-state index contributed by atoms with van der Waals surface area (Å²) in [5.74, 6) is 1.77. The fraction of sp³-hybridized carbons (Fsp3) is 0.560. The van der Waals surface area contributed by atoms with Gasteiger partial charge in [0.2, 0.25) is 0 Å². The third-order valence-corrected chi connectivity index (χ3v) is 6.66. The van der Waals surface area contributed by atoms with Crippen LogP contribution >= 0.6 is 0 Å². The van der Waals surface area contributed by atoms with Gasteiger partial charge in [-0.25, -0.2) is 9.67 Å². The lowest BCUT2D eigenvalue weighted by molar-refractivity contribution is 0.0599. The van der Waals surface area contributed by atoms with Gasteiger partial charge in [0, 0.05) is 37.7 Å². The maximum atomic E-state index is 12.9. The van der Waals surface area contributed by atoms with Crippen molar-refractivity contribution in [1.82, 2.24) is 25.0 Å². The molecule has 2 aliphatic rings.